The first-order chi connectivity index (χ1) is 14.9. The molecule has 2 aromatic rings. The molecule has 2 heterocycles. The van der Waals surface area contributed by atoms with Gasteiger partial charge in [-0.2, -0.15) is 0 Å². The molecule has 31 heavy (non-hydrogen) atoms. The average Bonchev–Trinajstić information content (AvgIpc) is 3.13. The van der Waals surface area contributed by atoms with Crippen LogP contribution in [0.1, 0.15) is 25.6 Å². The van der Waals surface area contributed by atoms with Gasteiger partial charge in [0, 0.05) is 13.1 Å². The molecule has 0 radical (unpaired) electrons. The van der Waals surface area contributed by atoms with Crippen LogP contribution in [0.2, 0.25) is 0 Å². The van der Waals surface area contributed by atoms with Gasteiger partial charge >= 0.3 is 5.97 Å². The minimum absolute atomic E-state index is 0.168. The van der Waals surface area contributed by atoms with E-state index >= 15 is 0 Å². The fourth-order valence-corrected chi connectivity index (χ4v) is 4.23. The van der Waals surface area contributed by atoms with Gasteiger partial charge in [0.1, 0.15) is 16.5 Å². The number of rotatable bonds is 7. The molecule has 0 aliphatic carbocycles. The number of methoxy groups -OCH3 is 2. The lowest BCUT2D eigenvalue weighted by Gasteiger charge is -2.26. The highest BCUT2D eigenvalue weighted by molar-refractivity contribution is 7.18. The Hall–Kier alpha value is -3.11. The highest BCUT2D eigenvalue weighted by atomic mass is 32.1. The summed E-state index contributed by atoms with van der Waals surface area (Å²) in [5, 5.41) is 2.93. The predicted octanol–water partition coefficient (Wildman–Crippen LogP) is 2.34. The number of anilines is 1. The Morgan fingerprint density at radius 2 is 1.74 bits per heavy atom. The van der Waals surface area contributed by atoms with Gasteiger partial charge in [0.25, 0.3) is 11.8 Å². The standard InChI is InChI=1S/C21H24N2O7S/c1-13-17(21(26)28-3)19(31-18(13)20(25)23-8-10-29-11-9-23)22-16(24)12-30-15-6-4-14(27-2)5-7-15/h4-7H,8-12H2,1-3H3,(H,22,24). The molecule has 1 aliphatic heterocycles. The van der Waals surface area contributed by atoms with Crippen molar-refractivity contribution in [2.24, 2.45) is 0 Å². The molecule has 1 aromatic heterocycles. The van der Waals surface area contributed by atoms with Crippen LogP contribution in [0.25, 0.3) is 0 Å². The van der Waals surface area contributed by atoms with E-state index in [9.17, 15) is 14.4 Å². The predicted molar refractivity (Wildman–Crippen MR) is 114 cm³/mol. The van der Waals surface area contributed by atoms with E-state index in [-0.39, 0.29) is 23.1 Å². The number of benzene rings is 1. The Kier molecular flexibility index (Phi) is 7.48. The lowest BCUT2D eigenvalue weighted by molar-refractivity contribution is -0.118. The largest absolute Gasteiger partial charge is 0.497 e. The number of thiophene rings is 1. The van der Waals surface area contributed by atoms with E-state index < -0.39 is 11.9 Å². The third-order valence-corrected chi connectivity index (χ3v) is 5.91. The fourth-order valence-electron chi connectivity index (χ4n) is 3.05. The summed E-state index contributed by atoms with van der Waals surface area (Å²) in [5.74, 6) is -0.125. The van der Waals surface area contributed by atoms with Crippen LogP contribution in [-0.2, 0) is 14.3 Å². The number of amides is 2. The number of carbonyl (C=O) groups excluding carboxylic acids is 3. The van der Waals surface area contributed by atoms with Crippen molar-refractivity contribution in [3.63, 3.8) is 0 Å². The number of carbonyl (C=O) groups is 3. The molecule has 0 spiro atoms. The summed E-state index contributed by atoms with van der Waals surface area (Å²) in [6, 6.07) is 6.80. The summed E-state index contributed by atoms with van der Waals surface area (Å²) in [5.41, 5.74) is 0.640. The Labute approximate surface area is 183 Å². The number of nitrogens with zero attached hydrogens (tertiary/aromatic N) is 1. The SMILES string of the molecule is COC(=O)c1c(NC(=O)COc2ccc(OC)cc2)sc(C(=O)N2CCOCC2)c1C. The molecular weight excluding hydrogens is 424 g/mol. The highest BCUT2D eigenvalue weighted by Crippen LogP contribution is 2.34. The van der Waals surface area contributed by atoms with Crippen LogP contribution < -0.4 is 14.8 Å². The molecule has 1 saturated heterocycles. The van der Waals surface area contributed by atoms with Gasteiger partial charge in [0.15, 0.2) is 6.61 Å². The third-order valence-electron chi connectivity index (χ3n) is 4.71. The van der Waals surface area contributed by atoms with Crippen LogP contribution in [0.3, 0.4) is 0 Å². The molecule has 0 saturated carbocycles. The van der Waals surface area contributed by atoms with Crippen LogP contribution in [-0.4, -0.2) is 69.8 Å². The molecule has 3 rings (SSSR count). The number of hydrogen-bond acceptors (Lipinski definition) is 8. The van der Waals surface area contributed by atoms with E-state index in [1.165, 1.54) is 7.11 Å². The van der Waals surface area contributed by atoms with E-state index in [1.54, 1.807) is 43.2 Å². The molecule has 0 bridgehead atoms. The van der Waals surface area contributed by atoms with E-state index in [4.69, 9.17) is 18.9 Å². The molecule has 1 fully saturated rings. The Morgan fingerprint density at radius 3 is 2.35 bits per heavy atom. The van der Waals surface area contributed by atoms with E-state index in [2.05, 4.69) is 5.32 Å². The zero-order valence-corrected chi connectivity index (χ0v) is 18.4. The molecule has 10 heteroatoms. The van der Waals surface area contributed by atoms with Gasteiger partial charge in [-0.25, -0.2) is 4.79 Å². The summed E-state index contributed by atoms with van der Waals surface area (Å²) in [4.78, 5) is 39.8. The monoisotopic (exact) mass is 448 g/mol. The van der Waals surface area contributed by atoms with Crippen molar-refractivity contribution < 1.29 is 33.3 Å². The molecule has 1 aliphatic rings. The molecule has 0 atom stereocenters. The van der Waals surface area contributed by atoms with Crippen LogP contribution >= 0.6 is 11.3 Å². The molecule has 166 valence electrons. The maximum absolute atomic E-state index is 12.9. The Morgan fingerprint density at radius 1 is 1.10 bits per heavy atom. The zero-order chi connectivity index (χ0) is 22.4. The minimum Gasteiger partial charge on any atom is -0.497 e. The topological polar surface area (TPSA) is 103 Å². The molecule has 2 amide bonds. The van der Waals surface area contributed by atoms with Gasteiger partial charge in [-0.15, -0.1) is 11.3 Å². The first kappa shape index (κ1) is 22.6. The second kappa shape index (κ2) is 10.3. The van der Waals surface area contributed by atoms with Crippen molar-refractivity contribution in [3.8, 4) is 11.5 Å². The van der Waals surface area contributed by atoms with Gasteiger partial charge in [-0.3, -0.25) is 9.59 Å². The first-order valence-corrected chi connectivity index (χ1v) is 10.4. The lowest BCUT2D eigenvalue weighted by atomic mass is 10.1. The van der Waals surface area contributed by atoms with Gasteiger partial charge in [-0.1, -0.05) is 0 Å². The fraction of sp³-hybridized carbons (Fsp3) is 0.381. The van der Waals surface area contributed by atoms with Crippen LogP contribution in [0, 0.1) is 6.92 Å². The number of nitrogens with one attached hydrogen (secondary N) is 1. The number of esters is 1. The van der Waals surface area contributed by atoms with Crippen LogP contribution in [0.4, 0.5) is 5.00 Å². The highest BCUT2D eigenvalue weighted by Gasteiger charge is 2.29. The maximum atomic E-state index is 12.9. The summed E-state index contributed by atoms with van der Waals surface area (Å²) >= 11 is 1.05. The molecular formula is C21H24N2O7S. The first-order valence-electron chi connectivity index (χ1n) is 9.60. The van der Waals surface area contributed by atoms with Gasteiger partial charge in [-0.05, 0) is 36.8 Å². The van der Waals surface area contributed by atoms with Crippen molar-refractivity contribution in [1.29, 1.82) is 0 Å². The van der Waals surface area contributed by atoms with Crippen molar-refractivity contribution in [1.82, 2.24) is 4.90 Å². The van der Waals surface area contributed by atoms with Crippen molar-refractivity contribution >= 4 is 34.1 Å². The van der Waals surface area contributed by atoms with Gasteiger partial charge in [0.2, 0.25) is 0 Å². The number of ether oxygens (including phenoxy) is 4. The lowest BCUT2D eigenvalue weighted by Crippen LogP contribution is -2.40. The molecule has 1 N–H and O–H groups in total. The van der Waals surface area contributed by atoms with Gasteiger partial charge < -0.3 is 29.2 Å². The number of morpholine rings is 1. The van der Waals surface area contributed by atoms with Crippen LogP contribution in [0.15, 0.2) is 24.3 Å². The maximum Gasteiger partial charge on any atom is 0.341 e. The molecule has 1 aromatic carbocycles. The summed E-state index contributed by atoms with van der Waals surface area (Å²) in [6.07, 6.45) is 0. The Bertz CT molecular complexity index is 949. The molecule has 9 nitrogen and oxygen atoms in total. The van der Waals surface area contributed by atoms with Crippen molar-refractivity contribution in [3.05, 3.63) is 40.3 Å². The third kappa shape index (κ3) is 5.33. The van der Waals surface area contributed by atoms with E-state index in [1.807, 2.05) is 0 Å². The van der Waals surface area contributed by atoms with Crippen molar-refractivity contribution in [2.75, 3.05) is 52.4 Å². The van der Waals surface area contributed by atoms with E-state index in [0.29, 0.717) is 48.2 Å². The molecule has 0 unspecified atom stereocenters. The quantitative estimate of drug-likeness (QED) is 0.649. The van der Waals surface area contributed by atoms with Gasteiger partial charge in [0.05, 0.1) is 37.9 Å². The number of hydrogen-bond donors (Lipinski definition) is 1. The second-order valence-corrected chi connectivity index (χ2v) is 7.69. The summed E-state index contributed by atoms with van der Waals surface area (Å²) < 4.78 is 20.7. The van der Waals surface area contributed by atoms with Crippen molar-refractivity contribution in [2.45, 2.75) is 6.92 Å². The zero-order valence-electron chi connectivity index (χ0n) is 17.6. The smallest absolute Gasteiger partial charge is 0.341 e. The Balaban J connectivity index is 1.74. The van der Waals surface area contributed by atoms with Crippen LogP contribution in [0.5, 0.6) is 11.5 Å². The summed E-state index contributed by atoms with van der Waals surface area (Å²) in [6.45, 7) is 3.28. The second-order valence-electron chi connectivity index (χ2n) is 6.67. The average molecular weight is 448 g/mol. The normalized spacial score (nSPS) is 13.5. The summed E-state index contributed by atoms with van der Waals surface area (Å²) in [7, 11) is 2.81. The van der Waals surface area contributed by atoms with E-state index in [0.717, 1.165) is 11.3 Å². The minimum atomic E-state index is -0.624.